The number of benzene rings is 1. The number of ether oxygens (including phenoxy) is 2. The SMILES string of the molecule is CCCCCCCCCCCCC(N=[N+]=[N-])C1=CC(=O)c2c(OC)ccc(OC)c2C1=O. The highest BCUT2D eigenvalue weighted by Crippen LogP contribution is 2.37. The minimum absolute atomic E-state index is 0.176. The molecule has 7 heteroatoms. The average Bonchev–Trinajstić information content (AvgIpc) is 2.81. The molecule has 0 fully saturated rings. The first-order chi connectivity index (χ1) is 15.6. The van der Waals surface area contributed by atoms with E-state index in [1.165, 1.54) is 65.2 Å². The highest BCUT2D eigenvalue weighted by atomic mass is 16.5. The molecule has 7 nitrogen and oxygen atoms in total. The third-order valence-corrected chi connectivity index (χ3v) is 5.97. The summed E-state index contributed by atoms with van der Waals surface area (Å²) >= 11 is 0. The van der Waals surface area contributed by atoms with E-state index in [4.69, 9.17) is 15.0 Å². The van der Waals surface area contributed by atoms with E-state index in [9.17, 15) is 9.59 Å². The third-order valence-electron chi connectivity index (χ3n) is 5.97. The van der Waals surface area contributed by atoms with Crippen molar-refractivity contribution in [2.45, 2.75) is 83.6 Å². The molecule has 174 valence electrons. The van der Waals surface area contributed by atoms with Gasteiger partial charge in [0.2, 0.25) is 0 Å². The highest BCUT2D eigenvalue weighted by Gasteiger charge is 2.34. The number of nitrogens with zero attached hydrogens (tertiary/aromatic N) is 3. The lowest BCUT2D eigenvalue weighted by molar-refractivity contribution is 0.0973. The number of rotatable bonds is 15. The van der Waals surface area contributed by atoms with Crippen LogP contribution in [0.5, 0.6) is 11.5 Å². The van der Waals surface area contributed by atoms with Crippen LogP contribution in [0.2, 0.25) is 0 Å². The number of hydrogen-bond donors (Lipinski definition) is 0. The van der Waals surface area contributed by atoms with E-state index < -0.39 is 6.04 Å². The first kappa shape index (κ1) is 25.5. The lowest BCUT2D eigenvalue weighted by atomic mass is 9.84. The lowest BCUT2D eigenvalue weighted by Crippen LogP contribution is -2.25. The van der Waals surface area contributed by atoms with E-state index in [0.29, 0.717) is 17.9 Å². The number of unbranched alkanes of at least 4 members (excludes halogenated alkanes) is 9. The number of azide groups is 1. The van der Waals surface area contributed by atoms with E-state index in [-0.39, 0.29) is 28.3 Å². The Labute approximate surface area is 190 Å². The fourth-order valence-corrected chi connectivity index (χ4v) is 4.21. The molecular formula is C25H35N3O4. The number of methoxy groups -OCH3 is 2. The smallest absolute Gasteiger partial charge is 0.194 e. The monoisotopic (exact) mass is 441 g/mol. The molecule has 1 unspecified atom stereocenters. The van der Waals surface area contributed by atoms with Gasteiger partial charge in [0.15, 0.2) is 11.6 Å². The summed E-state index contributed by atoms with van der Waals surface area (Å²) < 4.78 is 10.6. The van der Waals surface area contributed by atoms with Gasteiger partial charge in [-0.1, -0.05) is 76.2 Å². The van der Waals surface area contributed by atoms with E-state index in [1.54, 1.807) is 12.1 Å². The van der Waals surface area contributed by atoms with Gasteiger partial charge in [-0.15, -0.1) is 0 Å². The summed E-state index contributed by atoms with van der Waals surface area (Å²) in [6, 6.07) is 2.54. The molecule has 0 radical (unpaired) electrons. The standard InChI is InChI=1S/C25H35N3O4/c1-4-5-6-7-8-9-10-11-12-13-14-19(27-28-26)18-17-20(29)23-21(31-2)15-16-22(32-3)24(23)25(18)30/h15-17,19H,4-14H2,1-3H3. The van der Waals surface area contributed by atoms with E-state index in [2.05, 4.69) is 16.9 Å². The molecule has 32 heavy (non-hydrogen) atoms. The molecule has 0 saturated heterocycles. The van der Waals surface area contributed by atoms with Crippen molar-refractivity contribution in [3.8, 4) is 11.5 Å². The second kappa shape index (κ2) is 13.6. The molecule has 1 aliphatic rings. The minimum atomic E-state index is -0.672. The summed E-state index contributed by atoms with van der Waals surface area (Å²) in [5.74, 6) is -0.0563. The lowest BCUT2D eigenvalue weighted by Gasteiger charge is -2.22. The number of carbonyl (C=O) groups excluding carboxylic acids is 2. The maximum atomic E-state index is 13.3. The normalized spacial score (nSPS) is 13.8. The minimum Gasteiger partial charge on any atom is -0.496 e. The van der Waals surface area contributed by atoms with Crippen LogP contribution >= 0.6 is 0 Å². The zero-order valence-electron chi connectivity index (χ0n) is 19.6. The Morgan fingerprint density at radius 1 is 0.875 bits per heavy atom. The van der Waals surface area contributed by atoms with Crippen LogP contribution in [0, 0.1) is 0 Å². The molecule has 0 aliphatic heterocycles. The van der Waals surface area contributed by atoms with Crippen LogP contribution in [0.1, 0.15) is 98.3 Å². The predicted molar refractivity (Wildman–Crippen MR) is 126 cm³/mol. The van der Waals surface area contributed by atoms with E-state index in [1.807, 2.05) is 0 Å². The molecule has 0 aromatic heterocycles. The number of ketones is 2. The third kappa shape index (κ3) is 6.60. The number of hydrogen-bond acceptors (Lipinski definition) is 5. The highest BCUT2D eigenvalue weighted by molar-refractivity contribution is 6.27. The second-order valence-electron chi connectivity index (χ2n) is 8.20. The zero-order valence-corrected chi connectivity index (χ0v) is 19.6. The van der Waals surface area contributed by atoms with Gasteiger partial charge < -0.3 is 9.47 Å². The van der Waals surface area contributed by atoms with Crippen LogP contribution in [-0.4, -0.2) is 31.8 Å². The van der Waals surface area contributed by atoms with Crippen molar-refractivity contribution >= 4 is 11.6 Å². The number of Topliss-reactive ketones (excluding diaryl/α,β-unsaturated/α-hetero) is 1. The number of fused-ring (bicyclic) bond motifs is 1. The van der Waals surface area contributed by atoms with Crippen molar-refractivity contribution < 1.29 is 19.1 Å². The Morgan fingerprint density at radius 3 is 1.94 bits per heavy atom. The molecule has 2 rings (SSSR count). The topological polar surface area (TPSA) is 101 Å². The van der Waals surface area contributed by atoms with Crippen LogP contribution in [-0.2, 0) is 0 Å². The number of allylic oxidation sites excluding steroid dienone is 1. The Morgan fingerprint density at radius 2 is 1.41 bits per heavy atom. The van der Waals surface area contributed by atoms with Crippen molar-refractivity contribution in [2.75, 3.05) is 14.2 Å². The molecule has 1 aromatic carbocycles. The fourth-order valence-electron chi connectivity index (χ4n) is 4.21. The largest absolute Gasteiger partial charge is 0.496 e. The van der Waals surface area contributed by atoms with Gasteiger partial charge in [0.05, 0.1) is 31.4 Å². The molecular weight excluding hydrogens is 406 g/mol. The van der Waals surface area contributed by atoms with Gasteiger partial charge in [-0.05, 0) is 30.2 Å². The van der Waals surface area contributed by atoms with Crippen molar-refractivity contribution in [3.05, 3.63) is 45.4 Å². The first-order valence-corrected chi connectivity index (χ1v) is 11.7. The van der Waals surface area contributed by atoms with Gasteiger partial charge in [0, 0.05) is 10.5 Å². The molecule has 0 heterocycles. The molecule has 0 saturated carbocycles. The fraction of sp³-hybridized carbons (Fsp3) is 0.600. The van der Waals surface area contributed by atoms with Gasteiger partial charge >= 0.3 is 0 Å². The maximum absolute atomic E-state index is 13.3. The first-order valence-electron chi connectivity index (χ1n) is 11.7. The Kier molecular flexibility index (Phi) is 10.8. The summed E-state index contributed by atoms with van der Waals surface area (Å²) in [7, 11) is 2.90. The molecule has 0 bridgehead atoms. The Bertz CT molecular complexity index is 872. The van der Waals surface area contributed by atoms with E-state index >= 15 is 0 Å². The van der Waals surface area contributed by atoms with Gasteiger partial charge in [-0.2, -0.15) is 0 Å². The van der Waals surface area contributed by atoms with Crippen LogP contribution in [0.4, 0.5) is 0 Å². The summed E-state index contributed by atoms with van der Waals surface area (Å²) in [4.78, 5) is 29.0. The van der Waals surface area contributed by atoms with Gasteiger partial charge in [0.1, 0.15) is 11.5 Å². The molecule has 0 amide bonds. The molecule has 1 aromatic rings. The van der Waals surface area contributed by atoms with Crippen molar-refractivity contribution in [2.24, 2.45) is 5.11 Å². The number of carbonyl (C=O) groups is 2. The quantitative estimate of drug-likeness (QED) is 0.126. The van der Waals surface area contributed by atoms with Gasteiger partial charge in [-0.25, -0.2) is 0 Å². The van der Waals surface area contributed by atoms with E-state index in [0.717, 1.165) is 19.3 Å². The van der Waals surface area contributed by atoms with Crippen molar-refractivity contribution in [1.82, 2.24) is 0 Å². The molecule has 0 N–H and O–H groups in total. The van der Waals surface area contributed by atoms with Crippen LogP contribution in [0.15, 0.2) is 28.9 Å². The van der Waals surface area contributed by atoms with Crippen molar-refractivity contribution in [1.29, 1.82) is 0 Å². The van der Waals surface area contributed by atoms with Crippen LogP contribution in [0.25, 0.3) is 10.4 Å². The van der Waals surface area contributed by atoms with Crippen LogP contribution < -0.4 is 9.47 Å². The summed E-state index contributed by atoms with van der Waals surface area (Å²) in [5, 5.41) is 3.85. The Balaban J connectivity index is 1.99. The van der Waals surface area contributed by atoms with Gasteiger partial charge in [0.25, 0.3) is 0 Å². The Hall–Kier alpha value is -2.79. The molecule has 1 atom stereocenters. The predicted octanol–water partition coefficient (Wildman–Crippen LogP) is 7.00. The van der Waals surface area contributed by atoms with Crippen molar-refractivity contribution in [3.63, 3.8) is 0 Å². The average molecular weight is 442 g/mol. The summed E-state index contributed by atoms with van der Waals surface area (Å²) in [6.07, 6.45) is 13.8. The second-order valence-corrected chi connectivity index (χ2v) is 8.20. The van der Waals surface area contributed by atoms with Crippen LogP contribution in [0.3, 0.4) is 0 Å². The summed E-state index contributed by atoms with van der Waals surface area (Å²) in [6.45, 7) is 2.22. The summed E-state index contributed by atoms with van der Waals surface area (Å²) in [5.41, 5.74) is 9.64. The zero-order chi connectivity index (χ0) is 23.3. The maximum Gasteiger partial charge on any atom is 0.194 e. The molecule has 1 aliphatic carbocycles. The van der Waals surface area contributed by atoms with Gasteiger partial charge in [-0.3, -0.25) is 9.59 Å². The molecule has 0 spiro atoms.